The second kappa shape index (κ2) is 7.77. The monoisotopic (exact) mass is 314 g/mol. The first kappa shape index (κ1) is 17.9. The summed E-state index contributed by atoms with van der Waals surface area (Å²) in [7, 11) is -3.60. The van der Waals surface area contributed by atoms with Crippen LogP contribution in [0.4, 0.5) is 5.69 Å². The molecule has 0 radical (unpaired) electrons. The first-order valence-electron chi connectivity index (χ1n) is 7.18. The van der Waals surface area contributed by atoms with Gasteiger partial charge in [0.15, 0.2) is 0 Å². The number of nitrogens with one attached hydrogen (secondary N) is 1. The molecule has 0 fully saturated rings. The van der Waals surface area contributed by atoms with Crippen LogP contribution in [0.15, 0.2) is 17.0 Å². The fraction of sp³-hybridized carbons (Fsp3) is 0.600. The molecule has 1 rings (SSSR count). The molecule has 0 aliphatic heterocycles. The van der Waals surface area contributed by atoms with Crippen molar-refractivity contribution in [3.63, 3.8) is 0 Å². The van der Waals surface area contributed by atoms with Gasteiger partial charge >= 0.3 is 0 Å². The van der Waals surface area contributed by atoms with E-state index in [1.54, 1.807) is 13.0 Å². The lowest BCUT2D eigenvalue weighted by atomic mass is 10.1. The van der Waals surface area contributed by atoms with Crippen LogP contribution in [0, 0.1) is 19.8 Å². The second-order valence-corrected chi connectivity index (χ2v) is 7.32. The highest BCUT2D eigenvalue weighted by Gasteiger charge is 2.20. The number of sulfonamides is 1. The van der Waals surface area contributed by atoms with Crippen molar-refractivity contribution in [2.75, 3.05) is 25.5 Å². The summed E-state index contributed by atoms with van der Waals surface area (Å²) >= 11 is 0. The highest BCUT2D eigenvalue weighted by molar-refractivity contribution is 7.89. The average molecular weight is 314 g/mol. The average Bonchev–Trinajstić information content (AvgIpc) is 2.38. The minimum atomic E-state index is -3.60. The van der Waals surface area contributed by atoms with E-state index in [4.69, 9.17) is 10.5 Å². The summed E-state index contributed by atoms with van der Waals surface area (Å²) in [6.07, 6.45) is 0.969. The van der Waals surface area contributed by atoms with Crippen LogP contribution in [-0.4, -0.2) is 28.2 Å². The molecule has 0 atom stereocenters. The molecule has 1 aromatic carbocycles. The lowest BCUT2D eigenvalue weighted by Gasteiger charge is -2.13. The molecule has 0 aromatic heterocycles. The molecule has 0 spiro atoms. The van der Waals surface area contributed by atoms with Gasteiger partial charge in [-0.25, -0.2) is 13.1 Å². The number of nitrogen functional groups attached to an aromatic ring is 1. The number of anilines is 1. The first-order chi connectivity index (χ1) is 9.75. The number of benzene rings is 1. The van der Waals surface area contributed by atoms with Crippen LogP contribution in [0.5, 0.6) is 0 Å². The summed E-state index contributed by atoms with van der Waals surface area (Å²) in [5.41, 5.74) is 7.67. The normalized spacial score (nSPS) is 12.0. The van der Waals surface area contributed by atoms with Gasteiger partial charge in [-0.2, -0.15) is 0 Å². The van der Waals surface area contributed by atoms with Crippen molar-refractivity contribution in [2.24, 2.45) is 5.92 Å². The molecular formula is C15H26N2O3S. The summed E-state index contributed by atoms with van der Waals surface area (Å²) in [6.45, 7) is 9.11. The zero-order chi connectivity index (χ0) is 16.0. The van der Waals surface area contributed by atoms with E-state index in [9.17, 15) is 8.42 Å². The second-order valence-electron chi connectivity index (χ2n) is 5.62. The van der Waals surface area contributed by atoms with Gasteiger partial charge in [0.2, 0.25) is 10.0 Å². The molecule has 0 heterocycles. The maximum absolute atomic E-state index is 12.3. The number of rotatable bonds is 8. The summed E-state index contributed by atoms with van der Waals surface area (Å²) in [4.78, 5) is 0.171. The molecule has 1 aromatic rings. The van der Waals surface area contributed by atoms with Crippen molar-refractivity contribution in [2.45, 2.75) is 39.0 Å². The minimum Gasteiger partial charge on any atom is -0.398 e. The van der Waals surface area contributed by atoms with Crippen molar-refractivity contribution in [3.05, 3.63) is 23.3 Å². The summed E-state index contributed by atoms with van der Waals surface area (Å²) in [5.74, 6) is 0.580. The van der Waals surface area contributed by atoms with Crippen LogP contribution in [0.2, 0.25) is 0 Å². The van der Waals surface area contributed by atoms with Crippen molar-refractivity contribution in [3.8, 4) is 0 Å². The Bertz CT molecular complexity index is 569. The van der Waals surface area contributed by atoms with Crippen LogP contribution in [0.3, 0.4) is 0 Å². The molecule has 0 aliphatic carbocycles. The van der Waals surface area contributed by atoms with Crippen LogP contribution in [0.25, 0.3) is 0 Å². The van der Waals surface area contributed by atoms with Gasteiger partial charge in [0, 0.05) is 13.2 Å². The Balaban J connectivity index is 2.61. The summed E-state index contributed by atoms with van der Waals surface area (Å²) < 4.78 is 32.6. The predicted molar refractivity (Wildman–Crippen MR) is 85.8 cm³/mol. The molecule has 120 valence electrons. The fourth-order valence-corrected chi connectivity index (χ4v) is 3.35. The largest absolute Gasteiger partial charge is 0.398 e. The molecule has 6 heteroatoms. The van der Waals surface area contributed by atoms with Crippen molar-refractivity contribution < 1.29 is 13.2 Å². The van der Waals surface area contributed by atoms with Gasteiger partial charge in [-0.1, -0.05) is 19.9 Å². The summed E-state index contributed by atoms with van der Waals surface area (Å²) in [6, 6.07) is 3.44. The Morgan fingerprint density at radius 1 is 1.24 bits per heavy atom. The number of hydrogen-bond acceptors (Lipinski definition) is 4. The van der Waals surface area contributed by atoms with Crippen LogP contribution in [0.1, 0.15) is 31.4 Å². The molecule has 3 N–H and O–H groups in total. The van der Waals surface area contributed by atoms with Crippen LogP contribution < -0.4 is 10.5 Å². The standard InChI is InChI=1S/C15H26N2O3S/c1-11(2)7-9-20-10-8-17-21(18,19)15-13(4)12(3)5-6-14(15)16/h5-6,11,17H,7-10,16H2,1-4H3. The number of hydrogen-bond donors (Lipinski definition) is 2. The van der Waals surface area contributed by atoms with Crippen molar-refractivity contribution in [1.82, 2.24) is 4.72 Å². The first-order valence-corrected chi connectivity index (χ1v) is 8.67. The lowest BCUT2D eigenvalue weighted by molar-refractivity contribution is 0.128. The van der Waals surface area contributed by atoms with Crippen molar-refractivity contribution >= 4 is 15.7 Å². The lowest BCUT2D eigenvalue weighted by Crippen LogP contribution is -2.29. The van der Waals surface area contributed by atoms with E-state index < -0.39 is 10.0 Å². The molecule has 0 amide bonds. The van der Waals surface area contributed by atoms with Gasteiger partial charge in [0.1, 0.15) is 4.90 Å². The maximum Gasteiger partial charge on any atom is 0.242 e. The zero-order valence-electron chi connectivity index (χ0n) is 13.3. The molecule has 21 heavy (non-hydrogen) atoms. The van der Waals surface area contributed by atoms with Gasteiger partial charge in [0.05, 0.1) is 12.3 Å². The van der Waals surface area contributed by atoms with Gasteiger partial charge in [-0.15, -0.1) is 0 Å². The van der Waals surface area contributed by atoms with Gasteiger partial charge in [-0.3, -0.25) is 0 Å². The van der Waals surface area contributed by atoms with E-state index in [0.717, 1.165) is 12.0 Å². The quantitative estimate of drug-likeness (QED) is 0.569. The van der Waals surface area contributed by atoms with E-state index >= 15 is 0 Å². The van der Waals surface area contributed by atoms with E-state index in [-0.39, 0.29) is 17.1 Å². The van der Waals surface area contributed by atoms with Crippen LogP contribution >= 0.6 is 0 Å². The molecule has 0 bridgehead atoms. The van der Waals surface area contributed by atoms with Gasteiger partial charge < -0.3 is 10.5 Å². The molecule has 0 aliphatic rings. The molecule has 0 saturated heterocycles. The Kier molecular flexibility index (Phi) is 6.64. The molecule has 0 saturated carbocycles. The Morgan fingerprint density at radius 3 is 2.52 bits per heavy atom. The third kappa shape index (κ3) is 5.30. The SMILES string of the molecule is Cc1ccc(N)c(S(=O)(=O)NCCOCCC(C)C)c1C. The van der Waals surface area contributed by atoms with Gasteiger partial charge in [-0.05, 0) is 43.4 Å². The van der Waals surface area contributed by atoms with Gasteiger partial charge in [0.25, 0.3) is 0 Å². The third-order valence-electron chi connectivity index (χ3n) is 3.35. The number of aryl methyl sites for hydroxylation is 1. The number of ether oxygens (including phenoxy) is 1. The van der Waals surface area contributed by atoms with E-state index in [2.05, 4.69) is 18.6 Å². The fourth-order valence-electron chi connectivity index (χ4n) is 1.91. The molecular weight excluding hydrogens is 288 g/mol. The molecule has 0 unspecified atom stereocenters. The number of nitrogens with two attached hydrogens (primary N) is 1. The minimum absolute atomic E-state index is 0.171. The maximum atomic E-state index is 12.3. The Morgan fingerprint density at radius 2 is 1.90 bits per heavy atom. The highest BCUT2D eigenvalue weighted by atomic mass is 32.2. The predicted octanol–water partition coefficient (Wildman–Crippen LogP) is 2.23. The summed E-state index contributed by atoms with van der Waals surface area (Å²) in [5, 5.41) is 0. The third-order valence-corrected chi connectivity index (χ3v) is 5.02. The van der Waals surface area contributed by atoms with E-state index in [0.29, 0.717) is 24.7 Å². The zero-order valence-corrected chi connectivity index (χ0v) is 14.1. The van der Waals surface area contributed by atoms with E-state index in [1.807, 2.05) is 13.0 Å². The smallest absolute Gasteiger partial charge is 0.242 e. The van der Waals surface area contributed by atoms with E-state index in [1.165, 1.54) is 0 Å². The Labute approximate surface area is 127 Å². The van der Waals surface area contributed by atoms with Crippen LogP contribution in [-0.2, 0) is 14.8 Å². The Hall–Kier alpha value is -1.11. The van der Waals surface area contributed by atoms with Crippen molar-refractivity contribution in [1.29, 1.82) is 0 Å². The molecule has 5 nitrogen and oxygen atoms in total. The topological polar surface area (TPSA) is 81.4 Å². The highest BCUT2D eigenvalue weighted by Crippen LogP contribution is 2.24.